The number of aliphatic hydroxyl groups excluding tert-OH is 4. The fraction of sp³-hybridized carbons (Fsp3) is 0.800. The van der Waals surface area contributed by atoms with Gasteiger partial charge in [-0.15, -0.1) is 0 Å². The molecule has 0 aromatic rings. The predicted molar refractivity (Wildman–Crippen MR) is 78.6 cm³/mol. The van der Waals surface area contributed by atoms with Gasteiger partial charge in [0.1, 0.15) is 18.3 Å². The molecule has 0 aliphatic carbocycles. The van der Waals surface area contributed by atoms with Crippen molar-refractivity contribution in [2.75, 3.05) is 12.4 Å². The van der Waals surface area contributed by atoms with E-state index in [9.17, 15) is 28.2 Å². The standard InChI is InChI=1S/C8H14O9.C2H6O3S.Na.H/c1-3(10)16-17-7(8(14)15)6(13)5(12)4(11)2-9;1-2-6(3,4)5;;/h4-7,9,11-13H,2H2,1H3,(H,14,15);2H2,1H3,(H,3,4,5);;/t4-,5-,6+,7-;;;/m1.../s1. The number of aliphatic hydroxyl groups is 4. The third kappa shape index (κ3) is 14.0. The normalized spacial score (nSPS) is 15.6. The number of carboxylic acid groups (broad SMARTS) is 1. The van der Waals surface area contributed by atoms with E-state index in [1.807, 2.05) is 0 Å². The van der Waals surface area contributed by atoms with Crippen LogP contribution in [0.4, 0.5) is 0 Å². The minimum atomic E-state index is -3.66. The molecule has 0 aliphatic rings. The second kappa shape index (κ2) is 13.9. The second-order valence-electron chi connectivity index (χ2n) is 4.03. The van der Waals surface area contributed by atoms with E-state index in [1.54, 1.807) is 0 Å². The first-order valence-corrected chi connectivity index (χ1v) is 7.65. The summed E-state index contributed by atoms with van der Waals surface area (Å²) >= 11 is 0. The molecule has 0 radical (unpaired) electrons. The molecule has 0 saturated heterocycles. The number of carbonyl (C=O) groups is 2. The fourth-order valence-electron chi connectivity index (χ4n) is 0.878. The van der Waals surface area contributed by atoms with Crippen LogP contribution < -0.4 is 0 Å². The van der Waals surface area contributed by atoms with E-state index in [0.29, 0.717) is 0 Å². The Balaban J connectivity index is -0.000000538. The average Bonchev–Trinajstić information content (AvgIpc) is 2.44. The van der Waals surface area contributed by atoms with Gasteiger partial charge in [0.2, 0.25) is 6.10 Å². The van der Waals surface area contributed by atoms with Crippen molar-refractivity contribution in [3.05, 3.63) is 0 Å². The number of hydrogen-bond donors (Lipinski definition) is 6. The van der Waals surface area contributed by atoms with E-state index in [4.69, 9.17) is 19.9 Å². The van der Waals surface area contributed by atoms with Crippen molar-refractivity contribution in [2.24, 2.45) is 0 Å². The van der Waals surface area contributed by atoms with E-state index >= 15 is 0 Å². The summed E-state index contributed by atoms with van der Waals surface area (Å²) < 4.78 is 26.9. The van der Waals surface area contributed by atoms with Crippen LogP contribution in [-0.2, 0) is 29.5 Å². The molecular formula is C10H21NaO12S. The zero-order valence-electron chi connectivity index (χ0n) is 12.3. The van der Waals surface area contributed by atoms with Gasteiger partial charge in [-0.1, -0.05) is 0 Å². The first-order chi connectivity index (χ1) is 10.4. The summed E-state index contributed by atoms with van der Waals surface area (Å²) in [5, 5.41) is 44.7. The van der Waals surface area contributed by atoms with Gasteiger partial charge in [0.05, 0.1) is 12.4 Å². The molecule has 0 saturated carbocycles. The van der Waals surface area contributed by atoms with Crippen molar-refractivity contribution in [1.82, 2.24) is 0 Å². The SMILES string of the molecule is CC(=O)OO[C@@H](C(=O)O)[C@@H](O)[C@H](O)[C@H](O)CO.CCS(=O)(=O)O.[NaH]. The Kier molecular flexibility index (Phi) is 16.5. The Morgan fingerprint density at radius 1 is 1.12 bits per heavy atom. The van der Waals surface area contributed by atoms with Crippen LogP contribution in [0.3, 0.4) is 0 Å². The molecule has 0 unspecified atom stereocenters. The quantitative estimate of drug-likeness (QED) is 0.103. The fourth-order valence-corrected chi connectivity index (χ4v) is 0.878. The molecule has 0 aromatic heterocycles. The van der Waals surface area contributed by atoms with E-state index in [1.165, 1.54) is 6.92 Å². The summed E-state index contributed by atoms with van der Waals surface area (Å²) in [5.41, 5.74) is 0. The number of carboxylic acids is 1. The van der Waals surface area contributed by atoms with Gasteiger partial charge in [0.15, 0.2) is 0 Å². The van der Waals surface area contributed by atoms with Crippen molar-refractivity contribution < 1.29 is 57.9 Å². The van der Waals surface area contributed by atoms with Crippen LogP contribution in [0.2, 0.25) is 0 Å². The first kappa shape index (κ1) is 28.5. The van der Waals surface area contributed by atoms with Gasteiger partial charge in [-0.25, -0.2) is 9.59 Å². The maximum atomic E-state index is 10.6. The number of rotatable bonds is 8. The van der Waals surface area contributed by atoms with E-state index < -0.39 is 53.1 Å². The Labute approximate surface area is 160 Å². The van der Waals surface area contributed by atoms with Crippen molar-refractivity contribution in [3.8, 4) is 0 Å². The van der Waals surface area contributed by atoms with Crippen molar-refractivity contribution in [1.29, 1.82) is 0 Å². The third-order valence-corrected chi connectivity index (χ3v) is 2.85. The molecule has 24 heavy (non-hydrogen) atoms. The van der Waals surface area contributed by atoms with Gasteiger partial charge in [-0.3, -0.25) is 9.44 Å². The zero-order valence-corrected chi connectivity index (χ0v) is 13.1. The molecule has 140 valence electrons. The molecule has 6 N–H and O–H groups in total. The first-order valence-electron chi connectivity index (χ1n) is 6.04. The average molecular weight is 388 g/mol. The van der Waals surface area contributed by atoms with Crippen LogP contribution >= 0.6 is 0 Å². The molecule has 0 aliphatic heterocycles. The molecule has 0 amide bonds. The molecule has 4 atom stereocenters. The minimum absolute atomic E-state index is 0. The monoisotopic (exact) mass is 388 g/mol. The molecule has 0 rings (SSSR count). The van der Waals surface area contributed by atoms with Gasteiger partial charge in [0.25, 0.3) is 10.1 Å². The van der Waals surface area contributed by atoms with Crippen LogP contribution in [0.25, 0.3) is 0 Å². The van der Waals surface area contributed by atoms with Crippen LogP contribution in [0, 0.1) is 0 Å². The van der Waals surface area contributed by atoms with Crippen LogP contribution in [-0.4, -0.2) is 117 Å². The number of carbonyl (C=O) groups excluding carboxylic acids is 1. The van der Waals surface area contributed by atoms with Crippen LogP contribution in [0.1, 0.15) is 13.8 Å². The van der Waals surface area contributed by atoms with E-state index in [2.05, 4.69) is 9.78 Å². The molecule has 12 nitrogen and oxygen atoms in total. The molecule has 0 bridgehead atoms. The summed E-state index contributed by atoms with van der Waals surface area (Å²) in [7, 11) is -3.66. The van der Waals surface area contributed by atoms with E-state index in [-0.39, 0.29) is 35.3 Å². The summed E-state index contributed by atoms with van der Waals surface area (Å²) in [5.74, 6) is -2.88. The summed E-state index contributed by atoms with van der Waals surface area (Å²) in [4.78, 5) is 29.0. The third-order valence-electron chi connectivity index (χ3n) is 2.12. The number of hydrogen-bond acceptors (Lipinski definition) is 10. The molecule has 0 heterocycles. The molecule has 0 fully saturated rings. The topological polar surface area (TPSA) is 208 Å². The number of aliphatic carboxylic acids is 1. The molecule has 0 aromatic carbocycles. The Hall–Kier alpha value is -0.350. The Bertz CT molecular complexity index is 466. The van der Waals surface area contributed by atoms with Gasteiger partial charge in [-0.2, -0.15) is 13.3 Å². The molecule has 14 heteroatoms. The Morgan fingerprint density at radius 2 is 1.54 bits per heavy atom. The summed E-state index contributed by atoms with van der Waals surface area (Å²) in [6.07, 6.45) is -7.91. The van der Waals surface area contributed by atoms with Crippen molar-refractivity contribution in [3.63, 3.8) is 0 Å². The molecule has 0 spiro atoms. The van der Waals surface area contributed by atoms with Gasteiger partial charge < -0.3 is 25.5 Å². The van der Waals surface area contributed by atoms with Crippen LogP contribution in [0.5, 0.6) is 0 Å². The summed E-state index contributed by atoms with van der Waals surface area (Å²) in [6, 6.07) is 0. The predicted octanol–water partition coefficient (Wildman–Crippen LogP) is -3.75. The molecular weight excluding hydrogens is 367 g/mol. The summed E-state index contributed by atoms with van der Waals surface area (Å²) in [6.45, 7) is 1.41. The second-order valence-corrected chi connectivity index (χ2v) is 5.77. The van der Waals surface area contributed by atoms with Gasteiger partial charge >= 0.3 is 41.5 Å². The van der Waals surface area contributed by atoms with Crippen molar-refractivity contribution in [2.45, 2.75) is 38.3 Å². The van der Waals surface area contributed by atoms with Crippen molar-refractivity contribution >= 4 is 51.6 Å². The zero-order chi connectivity index (χ0) is 18.8. The Morgan fingerprint density at radius 3 is 1.79 bits per heavy atom. The maximum absolute atomic E-state index is 10.6. The van der Waals surface area contributed by atoms with Gasteiger partial charge in [0, 0.05) is 6.92 Å². The van der Waals surface area contributed by atoms with Gasteiger partial charge in [-0.05, 0) is 6.92 Å². The van der Waals surface area contributed by atoms with E-state index in [0.717, 1.165) is 6.92 Å². The van der Waals surface area contributed by atoms with Crippen LogP contribution in [0.15, 0.2) is 0 Å².